The zero-order chi connectivity index (χ0) is 17.3. The number of halogens is 2. The highest BCUT2D eigenvalue weighted by atomic mass is 79.9. The fourth-order valence-electron chi connectivity index (χ4n) is 2.05. The second kappa shape index (κ2) is 7.30. The van der Waals surface area contributed by atoms with E-state index in [0.717, 1.165) is 18.5 Å². The summed E-state index contributed by atoms with van der Waals surface area (Å²) in [5, 5.41) is 0. The predicted molar refractivity (Wildman–Crippen MR) is 101 cm³/mol. The fourth-order valence-corrected chi connectivity index (χ4v) is 4.90. The van der Waals surface area contributed by atoms with Crippen LogP contribution in [0.3, 0.4) is 0 Å². The monoisotopic (exact) mass is 488 g/mol. The van der Waals surface area contributed by atoms with E-state index in [1.807, 2.05) is 18.2 Å². The average molecular weight is 490 g/mol. The number of methoxy groups -OCH3 is 1. The van der Waals surface area contributed by atoms with Crippen molar-refractivity contribution >= 4 is 76.6 Å². The number of amides is 1. The number of thiophene rings is 1. The quantitative estimate of drug-likeness (QED) is 0.518. The third-order valence-corrected chi connectivity index (χ3v) is 6.29. The van der Waals surface area contributed by atoms with Gasteiger partial charge in [0.05, 0.1) is 26.0 Å². The summed E-state index contributed by atoms with van der Waals surface area (Å²) >= 11 is 9.43. The van der Waals surface area contributed by atoms with Gasteiger partial charge in [-0.25, -0.2) is 0 Å². The molecule has 0 spiro atoms. The molecule has 0 saturated heterocycles. The standard InChI is InChI=1S/C15H10Br2N2O3S2/c1-22-13(20)7-19-9-3-2-8(16)6-11(9)24-15(19)18-14(21)10-4-5-12(17)23-10/h2-6H,7H2,1H3. The minimum atomic E-state index is -0.398. The number of esters is 1. The van der Waals surface area contributed by atoms with E-state index >= 15 is 0 Å². The molecule has 0 aliphatic rings. The van der Waals surface area contributed by atoms with Crippen LogP contribution in [0.4, 0.5) is 0 Å². The van der Waals surface area contributed by atoms with Crippen LogP contribution in [0.5, 0.6) is 0 Å². The zero-order valence-electron chi connectivity index (χ0n) is 12.3. The molecular formula is C15H10Br2N2O3S2. The molecule has 3 aromatic rings. The molecule has 1 amide bonds. The lowest BCUT2D eigenvalue weighted by molar-refractivity contribution is -0.141. The molecule has 0 saturated carbocycles. The van der Waals surface area contributed by atoms with Gasteiger partial charge in [0.15, 0.2) is 4.80 Å². The summed E-state index contributed by atoms with van der Waals surface area (Å²) in [6, 6.07) is 9.21. The minimum Gasteiger partial charge on any atom is -0.468 e. The Kier molecular flexibility index (Phi) is 5.33. The van der Waals surface area contributed by atoms with Crippen molar-refractivity contribution in [3.63, 3.8) is 0 Å². The van der Waals surface area contributed by atoms with Gasteiger partial charge in [0.25, 0.3) is 5.91 Å². The van der Waals surface area contributed by atoms with Crippen molar-refractivity contribution in [3.8, 4) is 0 Å². The first-order valence-corrected chi connectivity index (χ1v) is 9.90. The molecule has 2 heterocycles. The Hall–Kier alpha value is -1.29. The van der Waals surface area contributed by atoms with Crippen molar-refractivity contribution in [3.05, 3.63) is 48.3 Å². The summed E-state index contributed by atoms with van der Waals surface area (Å²) < 4.78 is 9.15. The first kappa shape index (κ1) is 17.5. The lowest BCUT2D eigenvalue weighted by Crippen LogP contribution is -2.22. The Balaban J connectivity index is 2.14. The summed E-state index contributed by atoms with van der Waals surface area (Å²) in [7, 11) is 1.33. The first-order valence-electron chi connectivity index (χ1n) is 6.68. The summed E-state index contributed by atoms with van der Waals surface area (Å²) in [5.74, 6) is -0.736. The van der Waals surface area contributed by atoms with Crippen molar-refractivity contribution < 1.29 is 14.3 Å². The normalized spacial score (nSPS) is 11.9. The van der Waals surface area contributed by atoms with E-state index < -0.39 is 5.97 Å². The van der Waals surface area contributed by atoms with E-state index in [2.05, 4.69) is 36.9 Å². The second-order valence-corrected chi connectivity index (χ2v) is 9.07. The molecule has 124 valence electrons. The Morgan fingerprint density at radius 3 is 2.67 bits per heavy atom. The molecule has 0 atom stereocenters. The molecule has 0 fully saturated rings. The van der Waals surface area contributed by atoms with Gasteiger partial charge in [-0.2, -0.15) is 4.99 Å². The second-order valence-electron chi connectivity index (χ2n) is 4.68. The predicted octanol–water partition coefficient (Wildman–Crippen LogP) is 4.20. The number of hydrogen-bond acceptors (Lipinski definition) is 5. The number of ether oxygens (including phenoxy) is 1. The molecule has 0 radical (unpaired) electrons. The molecule has 0 aliphatic carbocycles. The maximum atomic E-state index is 12.4. The van der Waals surface area contributed by atoms with Gasteiger partial charge in [0.1, 0.15) is 6.54 Å². The van der Waals surface area contributed by atoms with Crippen LogP contribution in [0.25, 0.3) is 10.2 Å². The molecule has 0 bridgehead atoms. The molecule has 1 aromatic carbocycles. The molecule has 3 rings (SSSR count). The maximum absolute atomic E-state index is 12.4. The van der Waals surface area contributed by atoms with Gasteiger partial charge in [-0.3, -0.25) is 9.59 Å². The van der Waals surface area contributed by atoms with Gasteiger partial charge in [0.2, 0.25) is 0 Å². The van der Waals surface area contributed by atoms with Crippen LogP contribution in [0.15, 0.2) is 43.6 Å². The number of rotatable bonds is 3. The maximum Gasteiger partial charge on any atom is 0.325 e. The van der Waals surface area contributed by atoms with Gasteiger partial charge in [-0.15, -0.1) is 11.3 Å². The third kappa shape index (κ3) is 3.69. The molecule has 0 aliphatic heterocycles. The highest BCUT2D eigenvalue weighted by molar-refractivity contribution is 9.11. The molecule has 0 unspecified atom stereocenters. The van der Waals surface area contributed by atoms with Crippen LogP contribution in [0.2, 0.25) is 0 Å². The first-order chi connectivity index (χ1) is 11.5. The zero-order valence-corrected chi connectivity index (χ0v) is 17.1. The largest absolute Gasteiger partial charge is 0.468 e. The number of nitrogens with zero attached hydrogens (tertiary/aromatic N) is 2. The number of carbonyl (C=O) groups excluding carboxylic acids is 2. The van der Waals surface area contributed by atoms with Crippen molar-refractivity contribution in [1.82, 2.24) is 4.57 Å². The van der Waals surface area contributed by atoms with E-state index in [0.29, 0.717) is 9.68 Å². The number of benzene rings is 1. The summed E-state index contributed by atoms with van der Waals surface area (Å²) in [6.07, 6.45) is 0. The van der Waals surface area contributed by atoms with E-state index in [1.54, 1.807) is 16.7 Å². The van der Waals surface area contributed by atoms with E-state index in [1.165, 1.54) is 29.8 Å². The Morgan fingerprint density at radius 1 is 1.21 bits per heavy atom. The van der Waals surface area contributed by atoms with Crippen molar-refractivity contribution in [2.75, 3.05) is 7.11 Å². The van der Waals surface area contributed by atoms with Gasteiger partial charge >= 0.3 is 5.97 Å². The molecule has 24 heavy (non-hydrogen) atoms. The smallest absolute Gasteiger partial charge is 0.325 e. The van der Waals surface area contributed by atoms with E-state index in [9.17, 15) is 9.59 Å². The van der Waals surface area contributed by atoms with Crippen molar-refractivity contribution in [2.45, 2.75) is 6.54 Å². The Morgan fingerprint density at radius 2 is 2.00 bits per heavy atom. The fraction of sp³-hybridized carbons (Fsp3) is 0.133. The number of fused-ring (bicyclic) bond motifs is 1. The highest BCUT2D eigenvalue weighted by Crippen LogP contribution is 2.24. The lowest BCUT2D eigenvalue weighted by Gasteiger charge is -2.03. The van der Waals surface area contributed by atoms with Crippen LogP contribution in [-0.4, -0.2) is 23.6 Å². The van der Waals surface area contributed by atoms with Crippen molar-refractivity contribution in [1.29, 1.82) is 0 Å². The minimum absolute atomic E-state index is 0.00161. The molecular weight excluding hydrogens is 480 g/mol. The number of thiazole rings is 1. The van der Waals surface area contributed by atoms with Crippen LogP contribution in [0, 0.1) is 0 Å². The highest BCUT2D eigenvalue weighted by Gasteiger charge is 2.13. The van der Waals surface area contributed by atoms with Crippen LogP contribution in [0.1, 0.15) is 9.67 Å². The van der Waals surface area contributed by atoms with E-state index in [4.69, 9.17) is 4.74 Å². The van der Waals surface area contributed by atoms with E-state index in [-0.39, 0.29) is 12.5 Å². The van der Waals surface area contributed by atoms with Gasteiger partial charge < -0.3 is 9.30 Å². The van der Waals surface area contributed by atoms with Gasteiger partial charge in [0, 0.05) is 4.47 Å². The van der Waals surface area contributed by atoms with Crippen LogP contribution >= 0.6 is 54.5 Å². The topological polar surface area (TPSA) is 60.7 Å². The van der Waals surface area contributed by atoms with Crippen LogP contribution in [-0.2, 0) is 16.1 Å². The Bertz CT molecular complexity index is 1000. The Labute approximate surface area is 161 Å². The average Bonchev–Trinajstić information content (AvgIpc) is 3.11. The SMILES string of the molecule is COC(=O)Cn1c(=NC(=O)c2ccc(Br)s2)sc2cc(Br)ccc21. The number of hydrogen-bond donors (Lipinski definition) is 0. The van der Waals surface area contributed by atoms with Crippen LogP contribution < -0.4 is 4.80 Å². The number of carbonyl (C=O) groups is 2. The molecule has 9 heteroatoms. The summed E-state index contributed by atoms with van der Waals surface area (Å²) in [4.78, 5) is 29.3. The summed E-state index contributed by atoms with van der Waals surface area (Å²) in [6.45, 7) is -0.00161. The molecule has 2 aromatic heterocycles. The lowest BCUT2D eigenvalue weighted by atomic mass is 10.3. The molecule has 5 nitrogen and oxygen atoms in total. The van der Waals surface area contributed by atoms with Crippen molar-refractivity contribution in [2.24, 2.45) is 4.99 Å². The molecule has 0 N–H and O–H groups in total. The summed E-state index contributed by atoms with van der Waals surface area (Å²) in [5.41, 5.74) is 0.826. The van der Waals surface area contributed by atoms with Gasteiger partial charge in [-0.1, -0.05) is 27.3 Å². The third-order valence-electron chi connectivity index (χ3n) is 3.14. The van der Waals surface area contributed by atoms with Gasteiger partial charge in [-0.05, 0) is 46.3 Å². The number of aromatic nitrogens is 1.